The lowest BCUT2D eigenvalue weighted by Crippen LogP contribution is -2.38. The van der Waals surface area contributed by atoms with E-state index in [9.17, 15) is 14.0 Å². The number of H-pyrrole nitrogens is 1. The summed E-state index contributed by atoms with van der Waals surface area (Å²) in [5, 5.41) is 0. The molecule has 116 valence electrons. The lowest BCUT2D eigenvalue weighted by molar-refractivity contribution is -0.194. The summed E-state index contributed by atoms with van der Waals surface area (Å²) in [6.07, 6.45) is -1.15. The number of nitrogens with zero attached hydrogens (tertiary/aromatic N) is 1. The van der Waals surface area contributed by atoms with Crippen LogP contribution in [-0.4, -0.2) is 38.1 Å². The number of nitrogens with one attached hydrogen (secondary N) is 1. The third kappa shape index (κ3) is 2.56. The number of ether oxygens (including phenoxy) is 3. The topological polar surface area (TPSA) is 82.6 Å². The fourth-order valence-electron chi connectivity index (χ4n) is 2.66. The smallest absolute Gasteiger partial charge is 0.330 e. The molecule has 9 heteroatoms. The molecule has 0 saturated carbocycles. The summed E-state index contributed by atoms with van der Waals surface area (Å²) in [5.41, 5.74) is -1.80. The molecule has 0 aliphatic carbocycles. The molecule has 3 rings (SSSR count). The van der Waals surface area contributed by atoms with Gasteiger partial charge in [0.25, 0.3) is 5.56 Å². The molecule has 7 nitrogen and oxygen atoms in total. The highest BCUT2D eigenvalue weighted by atomic mass is 127. The van der Waals surface area contributed by atoms with Gasteiger partial charge in [-0.1, -0.05) is 22.6 Å². The Labute approximate surface area is 132 Å². The van der Waals surface area contributed by atoms with Crippen molar-refractivity contribution in [1.29, 1.82) is 0 Å². The first-order valence-corrected chi connectivity index (χ1v) is 7.93. The van der Waals surface area contributed by atoms with Gasteiger partial charge in [0.05, 0.1) is 12.3 Å². The molecule has 2 aliphatic heterocycles. The first-order valence-electron chi connectivity index (χ1n) is 6.40. The van der Waals surface area contributed by atoms with Crippen molar-refractivity contribution in [3.05, 3.63) is 32.9 Å². The number of aromatic amines is 1. The maximum Gasteiger partial charge on any atom is 0.330 e. The second-order valence-corrected chi connectivity index (χ2v) is 6.31. The van der Waals surface area contributed by atoms with Crippen molar-refractivity contribution in [2.45, 2.75) is 44.2 Å². The van der Waals surface area contributed by atoms with Gasteiger partial charge >= 0.3 is 5.69 Å². The van der Waals surface area contributed by atoms with Crippen molar-refractivity contribution in [3.63, 3.8) is 0 Å². The van der Waals surface area contributed by atoms with Crippen LogP contribution in [0, 0.1) is 5.82 Å². The zero-order valence-corrected chi connectivity index (χ0v) is 13.5. The van der Waals surface area contributed by atoms with Gasteiger partial charge in [-0.25, -0.2) is 4.79 Å². The molecule has 2 saturated heterocycles. The van der Waals surface area contributed by atoms with E-state index in [1.807, 2.05) is 4.98 Å². The SMILES string of the molecule is CC1(C)O[C@@H]2[C@H](O1)[C@H](CI)O[C@@H]2n1cc(F)c(=O)[nH]c1=O. The Hall–Kier alpha value is -0.780. The second-order valence-electron chi connectivity index (χ2n) is 5.43. The molecule has 0 bridgehead atoms. The Balaban J connectivity index is 2.01. The summed E-state index contributed by atoms with van der Waals surface area (Å²) in [6.45, 7) is 3.53. The average Bonchev–Trinajstić information content (AvgIpc) is 2.87. The van der Waals surface area contributed by atoms with Crippen molar-refractivity contribution in [3.8, 4) is 0 Å². The Morgan fingerprint density at radius 2 is 2.05 bits per heavy atom. The van der Waals surface area contributed by atoms with E-state index in [4.69, 9.17) is 14.2 Å². The summed E-state index contributed by atoms with van der Waals surface area (Å²) in [7, 11) is 0. The van der Waals surface area contributed by atoms with E-state index >= 15 is 0 Å². The van der Waals surface area contributed by atoms with Gasteiger partial charge in [-0.05, 0) is 13.8 Å². The normalized spacial score (nSPS) is 34.1. The predicted molar refractivity (Wildman–Crippen MR) is 77.9 cm³/mol. The number of hydrogen-bond donors (Lipinski definition) is 1. The van der Waals surface area contributed by atoms with Crippen molar-refractivity contribution in [1.82, 2.24) is 9.55 Å². The van der Waals surface area contributed by atoms with E-state index < -0.39 is 35.2 Å². The van der Waals surface area contributed by atoms with Crippen molar-refractivity contribution in [2.75, 3.05) is 4.43 Å². The molecule has 0 aromatic carbocycles. The van der Waals surface area contributed by atoms with Gasteiger partial charge in [-0.15, -0.1) is 0 Å². The number of halogens is 2. The fraction of sp³-hybridized carbons (Fsp3) is 0.667. The zero-order chi connectivity index (χ0) is 15.4. The van der Waals surface area contributed by atoms with Crippen LogP contribution in [0.15, 0.2) is 15.8 Å². The van der Waals surface area contributed by atoms with Gasteiger partial charge in [0.2, 0.25) is 5.82 Å². The molecular weight excluding hydrogens is 398 g/mol. The summed E-state index contributed by atoms with van der Waals surface area (Å²) in [4.78, 5) is 24.9. The van der Waals surface area contributed by atoms with E-state index in [-0.39, 0.29) is 12.2 Å². The molecule has 0 amide bonds. The third-order valence-corrected chi connectivity index (χ3v) is 4.34. The molecule has 1 aromatic heterocycles. The summed E-state index contributed by atoms with van der Waals surface area (Å²) >= 11 is 2.15. The van der Waals surface area contributed by atoms with Crippen LogP contribution < -0.4 is 11.2 Å². The number of aromatic nitrogens is 2. The zero-order valence-electron chi connectivity index (χ0n) is 11.3. The average molecular weight is 412 g/mol. The Bertz CT molecular complexity index is 672. The molecule has 21 heavy (non-hydrogen) atoms. The molecule has 0 radical (unpaired) electrons. The maximum atomic E-state index is 13.5. The van der Waals surface area contributed by atoms with Crippen molar-refractivity contribution < 1.29 is 18.6 Å². The number of fused-ring (bicyclic) bond motifs is 1. The number of rotatable bonds is 2. The van der Waals surface area contributed by atoms with E-state index in [1.54, 1.807) is 13.8 Å². The molecule has 0 spiro atoms. The highest BCUT2D eigenvalue weighted by molar-refractivity contribution is 14.1. The minimum atomic E-state index is -1.06. The minimum Gasteiger partial charge on any atom is -0.348 e. The monoisotopic (exact) mass is 412 g/mol. The Morgan fingerprint density at radius 1 is 1.38 bits per heavy atom. The molecule has 3 heterocycles. The fourth-order valence-corrected chi connectivity index (χ4v) is 3.37. The van der Waals surface area contributed by atoms with Gasteiger partial charge in [0, 0.05) is 4.43 Å². The van der Waals surface area contributed by atoms with E-state index in [0.29, 0.717) is 4.43 Å². The summed E-state index contributed by atoms with van der Waals surface area (Å²) in [6, 6.07) is 0. The largest absolute Gasteiger partial charge is 0.348 e. The highest BCUT2D eigenvalue weighted by Gasteiger charge is 2.55. The highest BCUT2D eigenvalue weighted by Crippen LogP contribution is 2.42. The number of alkyl halides is 1. The minimum absolute atomic E-state index is 0.274. The van der Waals surface area contributed by atoms with Gasteiger partial charge in [-0.2, -0.15) is 4.39 Å². The van der Waals surface area contributed by atoms with E-state index in [0.717, 1.165) is 10.8 Å². The van der Waals surface area contributed by atoms with Crippen molar-refractivity contribution in [2.24, 2.45) is 0 Å². The van der Waals surface area contributed by atoms with Crippen LogP contribution in [0.1, 0.15) is 20.1 Å². The van der Waals surface area contributed by atoms with Crippen LogP contribution in [0.4, 0.5) is 4.39 Å². The molecule has 1 aromatic rings. The lowest BCUT2D eigenvalue weighted by atomic mass is 10.1. The summed E-state index contributed by atoms with van der Waals surface area (Å²) in [5.74, 6) is -1.85. The Kier molecular flexibility index (Phi) is 3.71. The lowest BCUT2D eigenvalue weighted by Gasteiger charge is -2.24. The van der Waals surface area contributed by atoms with Gasteiger partial charge < -0.3 is 14.2 Å². The van der Waals surface area contributed by atoms with Gasteiger partial charge in [0.15, 0.2) is 12.0 Å². The van der Waals surface area contributed by atoms with Crippen LogP contribution >= 0.6 is 22.6 Å². The van der Waals surface area contributed by atoms with E-state index in [1.165, 1.54) is 0 Å². The molecule has 2 aliphatic rings. The summed E-state index contributed by atoms with van der Waals surface area (Å²) < 4.78 is 32.4. The second kappa shape index (κ2) is 5.14. The molecule has 0 unspecified atom stereocenters. The Morgan fingerprint density at radius 3 is 2.71 bits per heavy atom. The van der Waals surface area contributed by atoms with Gasteiger partial charge in [-0.3, -0.25) is 14.3 Å². The number of hydrogen-bond acceptors (Lipinski definition) is 5. The van der Waals surface area contributed by atoms with Crippen LogP contribution in [0.5, 0.6) is 0 Å². The standard InChI is InChI=1S/C12H14FIN2O5/c1-12(2)20-7-6(3-14)19-10(8(7)21-12)16-4-5(13)9(17)15-11(16)18/h4,6-8,10H,3H2,1-2H3,(H,15,17,18)/t6-,7+,8+,10-/m0/s1. The van der Waals surface area contributed by atoms with Gasteiger partial charge in [0.1, 0.15) is 12.2 Å². The van der Waals surface area contributed by atoms with E-state index in [2.05, 4.69) is 22.6 Å². The molecule has 2 fully saturated rings. The third-order valence-electron chi connectivity index (χ3n) is 3.48. The first-order chi connectivity index (χ1) is 9.82. The van der Waals surface area contributed by atoms with Crippen LogP contribution in [0.2, 0.25) is 0 Å². The first kappa shape index (κ1) is 15.1. The molecule has 1 N–H and O–H groups in total. The van der Waals surface area contributed by atoms with Crippen LogP contribution in [0.25, 0.3) is 0 Å². The quantitative estimate of drug-likeness (QED) is 0.566. The molecular formula is C12H14FIN2O5. The van der Waals surface area contributed by atoms with Crippen LogP contribution in [0.3, 0.4) is 0 Å². The maximum absolute atomic E-state index is 13.5. The predicted octanol–water partition coefficient (Wildman–Crippen LogP) is 0.528. The van der Waals surface area contributed by atoms with Crippen LogP contribution in [-0.2, 0) is 14.2 Å². The van der Waals surface area contributed by atoms with Crippen molar-refractivity contribution >= 4 is 22.6 Å². The molecule has 4 atom stereocenters.